The number of hydrogen-bond acceptors (Lipinski definition) is 5. The van der Waals surface area contributed by atoms with Gasteiger partial charge < -0.3 is 24.5 Å². The number of alkyl halides is 3. The number of benzene rings is 1. The first-order chi connectivity index (χ1) is 14.3. The molecule has 31 heavy (non-hydrogen) atoms. The molecule has 0 spiro atoms. The summed E-state index contributed by atoms with van der Waals surface area (Å²) in [5.74, 6) is 0.246. The Morgan fingerprint density at radius 1 is 1.39 bits per heavy atom. The SMILES string of the molecule is CCn1c([C@@H](NC(=O)OC(C)(C)C)[C@]2(O)CCCOC2)nc2cc(C(F)(F)F)ccc21. The summed E-state index contributed by atoms with van der Waals surface area (Å²) in [7, 11) is 0. The lowest BCUT2D eigenvalue weighted by atomic mass is 9.87. The first-order valence-corrected chi connectivity index (χ1v) is 10.2. The van der Waals surface area contributed by atoms with Crippen LogP contribution in [0.4, 0.5) is 18.0 Å². The monoisotopic (exact) mass is 443 g/mol. The number of ether oxygens (including phenoxy) is 2. The molecule has 1 aromatic carbocycles. The van der Waals surface area contributed by atoms with E-state index in [0.29, 0.717) is 31.5 Å². The number of fused-ring (bicyclic) bond motifs is 1. The van der Waals surface area contributed by atoms with Crippen molar-refractivity contribution in [2.24, 2.45) is 0 Å². The second-order valence-corrected chi connectivity index (χ2v) is 8.75. The predicted octanol–water partition coefficient (Wildman–Crippen LogP) is 4.18. The van der Waals surface area contributed by atoms with Gasteiger partial charge >= 0.3 is 12.3 Å². The minimum atomic E-state index is -4.51. The van der Waals surface area contributed by atoms with Crippen LogP contribution in [0.3, 0.4) is 0 Å². The van der Waals surface area contributed by atoms with Gasteiger partial charge in [0.25, 0.3) is 0 Å². The molecule has 0 saturated carbocycles. The van der Waals surface area contributed by atoms with E-state index in [2.05, 4.69) is 10.3 Å². The first-order valence-electron chi connectivity index (χ1n) is 10.2. The van der Waals surface area contributed by atoms with Gasteiger partial charge in [-0.3, -0.25) is 0 Å². The zero-order valence-electron chi connectivity index (χ0n) is 18.0. The van der Waals surface area contributed by atoms with Crippen LogP contribution in [0.15, 0.2) is 18.2 Å². The van der Waals surface area contributed by atoms with Crippen LogP contribution in [0.1, 0.15) is 58.0 Å². The van der Waals surface area contributed by atoms with Crippen molar-refractivity contribution in [1.29, 1.82) is 0 Å². The summed E-state index contributed by atoms with van der Waals surface area (Å²) in [6.45, 7) is 7.74. The molecule has 172 valence electrons. The molecule has 0 bridgehead atoms. The largest absolute Gasteiger partial charge is 0.444 e. The molecule has 2 aromatic rings. The van der Waals surface area contributed by atoms with Crippen molar-refractivity contribution in [3.63, 3.8) is 0 Å². The topological polar surface area (TPSA) is 85.6 Å². The highest BCUT2D eigenvalue weighted by molar-refractivity contribution is 5.77. The first kappa shape index (κ1) is 23.3. The molecular weight excluding hydrogens is 415 g/mol. The lowest BCUT2D eigenvalue weighted by Crippen LogP contribution is -2.52. The Hall–Kier alpha value is -2.33. The molecule has 10 heteroatoms. The van der Waals surface area contributed by atoms with Crippen molar-refractivity contribution >= 4 is 17.1 Å². The molecule has 1 aliphatic rings. The van der Waals surface area contributed by atoms with E-state index in [9.17, 15) is 23.1 Å². The molecule has 2 heterocycles. The minimum Gasteiger partial charge on any atom is -0.444 e. The average Bonchev–Trinajstić information content (AvgIpc) is 3.01. The minimum absolute atomic E-state index is 0.0474. The number of carbonyl (C=O) groups is 1. The Morgan fingerprint density at radius 2 is 2.10 bits per heavy atom. The Kier molecular flexibility index (Phi) is 6.25. The van der Waals surface area contributed by atoms with Gasteiger partial charge in [0.15, 0.2) is 0 Å². The van der Waals surface area contributed by atoms with Crippen molar-refractivity contribution in [2.45, 2.75) is 70.5 Å². The molecule has 7 nitrogen and oxygen atoms in total. The zero-order valence-corrected chi connectivity index (χ0v) is 18.0. The number of aliphatic hydroxyl groups is 1. The van der Waals surface area contributed by atoms with Crippen LogP contribution >= 0.6 is 0 Å². The van der Waals surface area contributed by atoms with E-state index in [4.69, 9.17) is 9.47 Å². The van der Waals surface area contributed by atoms with E-state index in [1.165, 1.54) is 6.07 Å². The predicted molar refractivity (Wildman–Crippen MR) is 108 cm³/mol. The Labute approximate surface area is 178 Å². The maximum absolute atomic E-state index is 13.2. The maximum atomic E-state index is 13.2. The summed E-state index contributed by atoms with van der Waals surface area (Å²) in [5.41, 5.74) is -2.48. The third-order valence-electron chi connectivity index (χ3n) is 5.13. The molecule has 1 saturated heterocycles. The highest BCUT2D eigenvalue weighted by Gasteiger charge is 2.44. The van der Waals surface area contributed by atoms with Crippen LogP contribution in [0.25, 0.3) is 11.0 Å². The van der Waals surface area contributed by atoms with Crippen LogP contribution in [0.5, 0.6) is 0 Å². The van der Waals surface area contributed by atoms with E-state index in [1.807, 2.05) is 6.92 Å². The number of halogens is 3. The normalized spacial score (nSPS) is 21.2. The molecule has 0 aliphatic carbocycles. The molecule has 1 aliphatic heterocycles. The van der Waals surface area contributed by atoms with Gasteiger partial charge in [-0.15, -0.1) is 0 Å². The number of hydrogen-bond donors (Lipinski definition) is 2. The van der Waals surface area contributed by atoms with E-state index in [0.717, 1.165) is 12.1 Å². The smallest absolute Gasteiger partial charge is 0.416 e. The number of alkyl carbamates (subject to hydrolysis) is 1. The van der Waals surface area contributed by atoms with Crippen LogP contribution < -0.4 is 5.32 Å². The molecule has 0 radical (unpaired) electrons. The Balaban J connectivity index is 2.09. The summed E-state index contributed by atoms with van der Waals surface area (Å²) < 4.78 is 52.0. The van der Waals surface area contributed by atoms with E-state index in [-0.39, 0.29) is 17.9 Å². The van der Waals surface area contributed by atoms with Crippen molar-refractivity contribution in [2.75, 3.05) is 13.2 Å². The van der Waals surface area contributed by atoms with Gasteiger partial charge in [-0.25, -0.2) is 9.78 Å². The quantitative estimate of drug-likeness (QED) is 0.741. The van der Waals surface area contributed by atoms with Crippen LogP contribution in [-0.2, 0) is 22.2 Å². The number of carbonyl (C=O) groups excluding carboxylic acids is 1. The molecule has 2 N–H and O–H groups in total. The average molecular weight is 443 g/mol. The van der Waals surface area contributed by atoms with Crippen molar-refractivity contribution in [1.82, 2.24) is 14.9 Å². The third kappa shape index (κ3) is 5.12. The molecule has 0 unspecified atom stereocenters. The van der Waals surface area contributed by atoms with Gasteiger partial charge in [-0.1, -0.05) is 0 Å². The number of nitrogens with zero attached hydrogens (tertiary/aromatic N) is 2. The van der Waals surface area contributed by atoms with Crippen LogP contribution in [0, 0.1) is 0 Å². The summed E-state index contributed by atoms with van der Waals surface area (Å²) in [6, 6.07) is 2.28. The second kappa shape index (κ2) is 8.31. The molecule has 1 fully saturated rings. The van der Waals surface area contributed by atoms with Gasteiger partial charge in [0.2, 0.25) is 0 Å². The fourth-order valence-electron chi connectivity index (χ4n) is 3.77. The number of amides is 1. The van der Waals surface area contributed by atoms with Crippen molar-refractivity contribution in [3.05, 3.63) is 29.6 Å². The lowest BCUT2D eigenvalue weighted by molar-refractivity contribution is -0.137. The van der Waals surface area contributed by atoms with Gasteiger partial charge in [-0.05, 0) is 58.7 Å². The van der Waals surface area contributed by atoms with Crippen molar-refractivity contribution in [3.8, 4) is 0 Å². The number of imidazole rings is 1. The van der Waals surface area contributed by atoms with Crippen molar-refractivity contribution < 1.29 is 32.5 Å². The number of aryl methyl sites for hydroxylation is 1. The molecular formula is C21H28F3N3O4. The third-order valence-corrected chi connectivity index (χ3v) is 5.13. The second-order valence-electron chi connectivity index (χ2n) is 8.75. The lowest BCUT2D eigenvalue weighted by Gasteiger charge is -2.39. The number of nitrogens with one attached hydrogen (secondary N) is 1. The number of aromatic nitrogens is 2. The van der Waals surface area contributed by atoms with Gasteiger partial charge in [0, 0.05) is 13.2 Å². The highest BCUT2D eigenvalue weighted by Crippen LogP contribution is 2.36. The summed E-state index contributed by atoms with van der Waals surface area (Å²) in [5, 5.41) is 14.0. The summed E-state index contributed by atoms with van der Waals surface area (Å²) in [4.78, 5) is 17.0. The standard InChI is InChI=1S/C21H28F3N3O4/c1-5-27-15-8-7-13(21(22,23)24)11-14(15)25-17(27)16(20(29)9-6-10-30-12-20)26-18(28)31-19(2,3)4/h7-8,11,16,29H,5-6,9-10,12H2,1-4H3,(H,26,28)/t16-,20+/m1/s1. The maximum Gasteiger partial charge on any atom is 0.416 e. The Morgan fingerprint density at radius 3 is 2.65 bits per heavy atom. The fraction of sp³-hybridized carbons (Fsp3) is 0.619. The van der Waals surface area contributed by atoms with E-state index in [1.54, 1.807) is 25.3 Å². The molecule has 1 amide bonds. The molecule has 2 atom stereocenters. The zero-order chi connectivity index (χ0) is 23.0. The van der Waals surface area contributed by atoms with Gasteiger partial charge in [-0.2, -0.15) is 13.2 Å². The number of rotatable bonds is 4. The van der Waals surface area contributed by atoms with Crippen LogP contribution in [-0.4, -0.2) is 45.2 Å². The fourth-order valence-corrected chi connectivity index (χ4v) is 3.77. The summed E-state index contributed by atoms with van der Waals surface area (Å²) in [6.07, 6.45) is -4.38. The molecule has 3 rings (SSSR count). The van der Waals surface area contributed by atoms with E-state index < -0.39 is 35.1 Å². The highest BCUT2D eigenvalue weighted by atomic mass is 19.4. The van der Waals surface area contributed by atoms with Crippen LogP contribution in [0.2, 0.25) is 0 Å². The molecule has 1 aromatic heterocycles. The Bertz CT molecular complexity index is 944. The van der Waals surface area contributed by atoms with E-state index >= 15 is 0 Å². The van der Waals surface area contributed by atoms with Gasteiger partial charge in [0.05, 0.1) is 23.2 Å². The summed E-state index contributed by atoms with van der Waals surface area (Å²) >= 11 is 0. The van der Waals surface area contributed by atoms with Gasteiger partial charge in [0.1, 0.15) is 23.1 Å².